The van der Waals surface area contributed by atoms with Crippen molar-refractivity contribution >= 4 is 40.1 Å². The van der Waals surface area contributed by atoms with E-state index in [1.165, 1.54) is 11.3 Å². The fraction of sp³-hybridized carbons (Fsp3) is 0.600. The van der Waals surface area contributed by atoms with E-state index in [2.05, 4.69) is 10.6 Å². The van der Waals surface area contributed by atoms with Crippen molar-refractivity contribution in [2.24, 2.45) is 11.7 Å². The van der Waals surface area contributed by atoms with Crippen molar-refractivity contribution in [1.29, 1.82) is 0 Å². The van der Waals surface area contributed by atoms with Crippen LogP contribution in [0.25, 0.3) is 0 Å². The highest BCUT2D eigenvalue weighted by molar-refractivity contribution is 7.17. The smallest absolute Gasteiger partial charge is 0.325 e. The van der Waals surface area contributed by atoms with Gasteiger partial charge < -0.3 is 16.4 Å². The summed E-state index contributed by atoms with van der Waals surface area (Å²) in [6.45, 7) is 1.59. The summed E-state index contributed by atoms with van der Waals surface area (Å²) in [7, 11) is 0. The van der Waals surface area contributed by atoms with Crippen LogP contribution in [0.2, 0.25) is 0 Å². The average Bonchev–Trinajstić information content (AvgIpc) is 3.15. The maximum atomic E-state index is 13.0. The molecule has 1 aromatic heterocycles. The Labute approximate surface area is 173 Å². The van der Waals surface area contributed by atoms with Crippen LogP contribution in [-0.2, 0) is 22.4 Å². The molecule has 2 aliphatic carbocycles. The number of primary amides is 1. The number of rotatable bonds is 4. The number of aryl methyl sites for hydroxylation is 1. The number of hydrogen-bond donors (Lipinski definition) is 3. The maximum absolute atomic E-state index is 13.0. The van der Waals surface area contributed by atoms with Gasteiger partial charge in [0.25, 0.3) is 11.8 Å². The number of amides is 5. The van der Waals surface area contributed by atoms with Crippen LogP contribution in [0.1, 0.15) is 66.2 Å². The van der Waals surface area contributed by atoms with E-state index < -0.39 is 23.4 Å². The molecule has 2 fully saturated rings. The SMILES string of the molecule is C[C@@H]1CCCC[C@@]12NC(=O)N(CC(=O)Nc1sc3c(c1C(N)=O)CCCC3)C2=O. The third-order valence-electron chi connectivity index (χ3n) is 6.47. The Hall–Kier alpha value is -2.42. The lowest BCUT2D eigenvalue weighted by molar-refractivity contribution is -0.136. The van der Waals surface area contributed by atoms with Gasteiger partial charge in [0.05, 0.1) is 5.56 Å². The van der Waals surface area contributed by atoms with Gasteiger partial charge in [0.1, 0.15) is 17.1 Å². The summed E-state index contributed by atoms with van der Waals surface area (Å²) in [5, 5.41) is 5.99. The molecule has 0 radical (unpaired) electrons. The number of fused-ring (bicyclic) bond motifs is 1. The largest absolute Gasteiger partial charge is 0.365 e. The van der Waals surface area contributed by atoms with Gasteiger partial charge in [-0.25, -0.2) is 4.79 Å². The van der Waals surface area contributed by atoms with Crippen molar-refractivity contribution in [3.63, 3.8) is 0 Å². The van der Waals surface area contributed by atoms with Gasteiger partial charge in [-0.1, -0.05) is 19.8 Å². The van der Waals surface area contributed by atoms with Crippen LogP contribution >= 0.6 is 11.3 Å². The molecule has 2 heterocycles. The molecule has 1 saturated heterocycles. The number of anilines is 1. The first-order valence-electron chi connectivity index (χ1n) is 10.2. The van der Waals surface area contributed by atoms with Crippen molar-refractivity contribution in [3.05, 3.63) is 16.0 Å². The summed E-state index contributed by atoms with van der Waals surface area (Å²) >= 11 is 1.36. The third kappa shape index (κ3) is 3.31. The minimum Gasteiger partial charge on any atom is -0.365 e. The standard InChI is InChI=1S/C20H26N4O4S/c1-11-6-4-5-9-20(11)18(27)24(19(28)23-20)10-14(25)22-17-15(16(21)26)12-7-2-3-8-13(12)29-17/h11H,2-10H2,1H3,(H2,21,26)(H,22,25)(H,23,28)/t11-,20-/m1/s1. The summed E-state index contributed by atoms with van der Waals surface area (Å²) in [5.74, 6) is -1.36. The highest BCUT2D eigenvalue weighted by Gasteiger charge is 2.55. The third-order valence-corrected chi connectivity index (χ3v) is 7.68. The molecule has 0 unspecified atom stereocenters. The van der Waals surface area contributed by atoms with Crippen molar-refractivity contribution in [2.75, 3.05) is 11.9 Å². The predicted molar refractivity (Wildman–Crippen MR) is 109 cm³/mol. The van der Waals surface area contributed by atoms with Crippen LogP contribution in [0.5, 0.6) is 0 Å². The van der Waals surface area contributed by atoms with E-state index in [-0.39, 0.29) is 18.4 Å². The number of nitrogens with two attached hydrogens (primary N) is 1. The number of nitrogens with zero attached hydrogens (tertiary/aromatic N) is 1. The average molecular weight is 419 g/mol. The highest BCUT2D eigenvalue weighted by atomic mass is 32.1. The second-order valence-corrected chi connectivity index (χ2v) is 9.37. The van der Waals surface area contributed by atoms with Crippen molar-refractivity contribution < 1.29 is 19.2 Å². The van der Waals surface area contributed by atoms with Crippen LogP contribution in [0.3, 0.4) is 0 Å². The number of carbonyl (C=O) groups is 4. The van der Waals surface area contributed by atoms with E-state index >= 15 is 0 Å². The van der Waals surface area contributed by atoms with Crippen LogP contribution in [-0.4, -0.2) is 40.7 Å². The number of urea groups is 1. The zero-order valence-electron chi connectivity index (χ0n) is 16.5. The van der Waals surface area contributed by atoms with E-state index in [9.17, 15) is 19.2 Å². The summed E-state index contributed by atoms with van der Waals surface area (Å²) < 4.78 is 0. The van der Waals surface area contributed by atoms with Gasteiger partial charge in [-0.05, 0) is 50.0 Å². The molecule has 8 nitrogen and oxygen atoms in total. The highest BCUT2D eigenvalue weighted by Crippen LogP contribution is 2.39. The molecule has 4 rings (SSSR count). The number of carbonyl (C=O) groups excluding carboxylic acids is 4. The monoisotopic (exact) mass is 418 g/mol. The van der Waals surface area contributed by atoms with Gasteiger partial charge >= 0.3 is 6.03 Å². The zero-order chi connectivity index (χ0) is 20.8. The van der Waals surface area contributed by atoms with Crippen LogP contribution in [0.4, 0.5) is 9.80 Å². The molecule has 0 aromatic carbocycles. The lowest BCUT2D eigenvalue weighted by Gasteiger charge is -2.36. The van der Waals surface area contributed by atoms with Crippen LogP contribution < -0.4 is 16.4 Å². The van der Waals surface area contributed by atoms with E-state index in [0.29, 0.717) is 17.0 Å². The molecular formula is C20H26N4O4S. The first kappa shape index (κ1) is 19.9. The molecule has 5 amide bonds. The van der Waals surface area contributed by atoms with E-state index in [1.807, 2.05) is 6.92 Å². The molecule has 1 aliphatic heterocycles. The van der Waals surface area contributed by atoms with Crippen LogP contribution in [0.15, 0.2) is 0 Å². The molecule has 4 N–H and O–H groups in total. The normalized spacial score (nSPS) is 26.4. The van der Waals surface area contributed by atoms with Gasteiger partial charge in [0.15, 0.2) is 0 Å². The molecule has 156 valence electrons. The topological polar surface area (TPSA) is 122 Å². The van der Waals surface area contributed by atoms with Crippen molar-refractivity contribution in [2.45, 2.75) is 63.8 Å². The van der Waals surface area contributed by atoms with Gasteiger partial charge in [0.2, 0.25) is 5.91 Å². The minimum absolute atomic E-state index is 0.0336. The minimum atomic E-state index is -0.893. The Bertz CT molecular complexity index is 895. The fourth-order valence-corrected chi connectivity index (χ4v) is 6.17. The lowest BCUT2D eigenvalue weighted by Crippen LogP contribution is -2.54. The summed E-state index contributed by atoms with van der Waals surface area (Å²) in [6, 6.07) is -0.528. The number of hydrogen-bond acceptors (Lipinski definition) is 5. The first-order valence-corrected chi connectivity index (χ1v) is 11.0. The zero-order valence-corrected chi connectivity index (χ0v) is 17.3. The molecule has 3 aliphatic rings. The molecule has 9 heteroatoms. The number of imide groups is 1. The molecule has 29 heavy (non-hydrogen) atoms. The van der Waals surface area contributed by atoms with Crippen LogP contribution in [0, 0.1) is 5.92 Å². The Morgan fingerprint density at radius 2 is 2.00 bits per heavy atom. The first-order chi connectivity index (χ1) is 13.8. The summed E-state index contributed by atoms with van der Waals surface area (Å²) in [5.41, 5.74) is 5.96. The fourth-order valence-electron chi connectivity index (χ4n) is 4.86. The Balaban J connectivity index is 1.51. The Kier molecular flexibility index (Phi) is 5.10. The molecule has 0 bridgehead atoms. The summed E-state index contributed by atoms with van der Waals surface area (Å²) in [6.07, 6.45) is 7.04. The van der Waals surface area contributed by atoms with E-state index in [0.717, 1.165) is 60.3 Å². The molecular weight excluding hydrogens is 392 g/mol. The molecule has 2 atom stereocenters. The second kappa shape index (κ2) is 7.44. The summed E-state index contributed by atoms with van der Waals surface area (Å²) in [4.78, 5) is 52.2. The van der Waals surface area contributed by atoms with E-state index in [1.54, 1.807) is 0 Å². The number of thiophene rings is 1. The number of nitrogens with one attached hydrogen (secondary N) is 2. The van der Waals surface area contributed by atoms with Gasteiger partial charge in [0, 0.05) is 4.88 Å². The van der Waals surface area contributed by atoms with Gasteiger partial charge in [-0.3, -0.25) is 19.3 Å². The van der Waals surface area contributed by atoms with Crippen molar-refractivity contribution in [3.8, 4) is 0 Å². The molecule has 1 aromatic rings. The quantitative estimate of drug-likeness (QED) is 0.649. The lowest BCUT2D eigenvalue weighted by atomic mass is 9.73. The molecule has 1 saturated carbocycles. The van der Waals surface area contributed by atoms with Gasteiger partial charge in [-0.2, -0.15) is 0 Å². The Morgan fingerprint density at radius 3 is 2.72 bits per heavy atom. The second-order valence-electron chi connectivity index (χ2n) is 8.27. The van der Waals surface area contributed by atoms with Crippen molar-refractivity contribution in [1.82, 2.24) is 10.2 Å². The maximum Gasteiger partial charge on any atom is 0.325 e. The predicted octanol–water partition coefficient (Wildman–Crippen LogP) is 2.17. The van der Waals surface area contributed by atoms with E-state index in [4.69, 9.17) is 5.73 Å². The van der Waals surface area contributed by atoms with Gasteiger partial charge in [-0.15, -0.1) is 11.3 Å². The molecule has 1 spiro atoms. The Morgan fingerprint density at radius 1 is 1.24 bits per heavy atom.